The highest BCUT2D eigenvalue weighted by molar-refractivity contribution is 6.18. The topological polar surface area (TPSA) is 46.5 Å². The van der Waals surface area contributed by atoms with Gasteiger partial charge >= 0.3 is 6.16 Å². The lowest BCUT2D eigenvalue weighted by Crippen LogP contribution is -1.98. The lowest BCUT2D eigenvalue weighted by molar-refractivity contribution is 0.102. The van der Waals surface area contributed by atoms with Crippen LogP contribution >= 0.6 is 11.6 Å². The average Bonchev–Trinajstić information content (AvgIpc) is 1.80. The Morgan fingerprint density at radius 2 is 2.33 bits per heavy atom. The minimum atomic E-state index is -1.27. The van der Waals surface area contributed by atoms with Gasteiger partial charge in [-0.25, -0.2) is 4.79 Å². The van der Waals surface area contributed by atoms with E-state index in [1.165, 1.54) is 0 Å². The van der Waals surface area contributed by atoms with Crippen molar-refractivity contribution in [2.45, 2.75) is 0 Å². The van der Waals surface area contributed by atoms with E-state index in [-0.39, 0.29) is 6.61 Å². The van der Waals surface area contributed by atoms with Gasteiger partial charge in [0.25, 0.3) is 0 Å². The third-order valence-corrected chi connectivity index (χ3v) is 0.737. The SMILES string of the molecule is O=C(O)OCC=CCCl. The van der Waals surface area contributed by atoms with E-state index in [2.05, 4.69) is 4.74 Å². The molecule has 0 aliphatic carbocycles. The summed E-state index contributed by atoms with van der Waals surface area (Å²) >= 11 is 5.23. The molecule has 0 aliphatic rings. The van der Waals surface area contributed by atoms with Crippen LogP contribution in [-0.2, 0) is 4.74 Å². The first-order chi connectivity index (χ1) is 4.27. The minimum Gasteiger partial charge on any atom is -0.450 e. The summed E-state index contributed by atoms with van der Waals surface area (Å²) in [4.78, 5) is 9.67. The van der Waals surface area contributed by atoms with Crippen molar-refractivity contribution in [3.8, 4) is 0 Å². The Kier molecular flexibility index (Phi) is 5.01. The van der Waals surface area contributed by atoms with Crippen LogP contribution in [0.2, 0.25) is 0 Å². The second-order valence-corrected chi connectivity index (χ2v) is 1.51. The summed E-state index contributed by atoms with van der Waals surface area (Å²) in [5.74, 6) is 0.378. The number of alkyl halides is 1. The van der Waals surface area contributed by atoms with E-state index in [4.69, 9.17) is 16.7 Å². The molecule has 0 fully saturated rings. The van der Waals surface area contributed by atoms with Crippen LogP contribution in [0.25, 0.3) is 0 Å². The molecule has 3 nitrogen and oxygen atoms in total. The maximum absolute atomic E-state index is 9.67. The average molecular weight is 151 g/mol. The maximum atomic E-state index is 9.67. The molecule has 1 N–H and O–H groups in total. The Bertz CT molecular complexity index is 111. The minimum absolute atomic E-state index is 0.0715. The Balaban J connectivity index is 3.09. The van der Waals surface area contributed by atoms with E-state index in [0.29, 0.717) is 5.88 Å². The van der Waals surface area contributed by atoms with Crippen LogP contribution in [0.3, 0.4) is 0 Å². The first-order valence-electron chi connectivity index (χ1n) is 2.34. The molecule has 0 amide bonds. The standard InChI is InChI=1S/C5H7ClO3/c6-3-1-2-4-9-5(7)8/h1-2H,3-4H2,(H,7,8). The van der Waals surface area contributed by atoms with Gasteiger partial charge in [-0.3, -0.25) is 0 Å². The number of rotatable bonds is 3. The monoisotopic (exact) mass is 150 g/mol. The molecule has 0 rings (SSSR count). The molecule has 0 aliphatic heterocycles. The third-order valence-electron chi connectivity index (χ3n) is 0.559. The summed E-state index contributed by atoms with van der Waals surface area (Å²) in [6.45, 7) is 0.0715. The lowest BCUT2D eigenvalue weighted by Gasteiger charge is -1.90. The lowest BCUT2D eigenvalue weighted by atomic mass is 10.5. The summed E-state index contributed by atoms with van der Waals surface area (Å²) in [6.07, 6.45) is 1.89. The highest BCUT2D eigenvalue weighted by Crippen LogP contribution is 1.80. The van der Waals surface area contributed by atoms with Gasteiger partial charge in [0, 0.05) is 5.88 Å². The van der Waals surface area contributed by atoms with Crippen LogP contribution < -0.4 is 0 Å². The summed E-state index contributed by atoms with van der Waals surface area (Å²) in [5, 5.41) is 7.92. The van der Waals surface area contributed by atoms with Gasteiger partial charge in [0.05, 0.1) is 0 Å². The molecular formula is C5H7ClO3. The van der Waals surface area contributed by atoms with Crippen LogP contribution in [0.15, 0.2) is 12.2 Å². The van der Waals surface area contributed by atoms with Crippen molar-refractivity contribution in [2.24, 2.45) is 0 Å². The molecular weight excluding hydrogens is 144 g/mol. The molecule has 0 saturated carbocycles. The molecule has 0 aromatic heterocycles. The predicted molar refractivity (Wildman–Crippen MR) is 33.8 cm³/mol. The molecule has 0 radical (unpaired) electrons. The highest BCUT2D eigenvalue weighted by Gasteiger charge is 1.89. The molecule has 0 heterocycles. The van der Waals surface area contributed by atoms with Crippen molar-refractivity contribution in [1.82, 2.24) is 0 Å². The largest absolute Gasteiger partial charge is 0.506 e. The van der Waals surface area contributed by atoms with E-state index in [1.54, 1.807) is 12.2 Å². The zero-order valence-electron chi connectivity index (χ0n) is 4.71. The second-order valence-electron chi connectivity index (χ2n) is 1.20. The normalized spacial score (nSPS) is 9.89. The van der Waals surface area contributed by atoms with Crippen LogP contribution in [0, 0.1) is 0 Å². The zero-order valence-corrected chi connectivity index (χ0v) is 5.47. The second kappa shape index (κ2) is 5.44. The van der Waals surface area contributed by atoms with Gasteiger partial charge in [-0.2, -0.15) is 0 Å². The molecule has 52 valence electrons. The van der Waals surface area contributed by atoms with Gasteiger partial charge in [0.15, 0.2) is 0 Å². The van der Waals surface area contributed by atoms with Crippen LogP contribution in [-0.4, -0.2) is 23.7 Å². The fraction of sp³-hybridized carbons (Fsp3) is 0.400. The van der Waals surface area contributed by atoms with Crippen molar-refractivity contribution in [3.63, 3.8) is 0 Å². The fourth-order valence-corrected chi connectivity index (χ4v) is 0.376. The first kappa shape index (κ1) is 8.30. The van der Waals surface area contributed by atoms with Gasteiger partial charge in [0.2, 0.25) is 0 Å². The van der Waals surface area contributed by atoms with E-state index in [0.717, 1.165) is 0 Å². The number of carbonyl (C=O) groups is 1. The van der Waals surface area contributed by atoms with E-state index in [9.17, 15) is 4.79 Å². The van der Waals surface area contributed by atoms with Gasteiger partial charge in [0.1, 0.15) is 6.61 Å². The number of carboxylic acid groups (broad SMARTS) is 1. The molecule has 0 spiro atoms. The Morgan fingerprint density at radius 3 is 2.78 bits per heavy atom. The fourth-order valence-electron chi connectivity index (χ4n) is 0.250. The molecule has 0 unspecified atom stereocenters. The quantitative estimate of drug-likeness (QED) is 0.377. The molecule has 9 heavy (non-hydrogen) atoms. The number of halogens is 1. The van der Waals surface area contributed by atoms with Gasteiger partial charge in [-0.05, 0) is 6.08 Å². The van der Waals surface area contributed by atoms with Crippen LogP contribution in [0.4, 0.5) is 4.79 Å². The van der Waals surface area contributed by atoms with Crippen LogP contribution in [0.1, 0.15) is 0 Å². The van der Waals surface area contributed by atoms with Gasteiger partial charge in [-0.1, -0.05) is 6.08 Å². The number of hydrogen-bond acceptors (Lipinski definition) is 2. The Hall–Kier alpha value is -0.700. The molecule has 0 atom stereocenters. The Morgan fingerprint density at radius 1 is 1.67 bits per heavy atom. The summed E-state index contributed by atoms with van der Waals surface area (Å²) < 4.78 is 4.12. The third kappa shape index (κ3) is 7.30. The predicted octanol–water partition coefficient (Wildman–Crippen LogP) is 1.48. The van der Waals surface area contributed by atoms with Crippen molar-refractivity contribution < 1.29 is 14.6 Å². The van der Waals surface area contributed by atoms with Crippen molar-refractivity contribution >= 4 is 17.8 Å². The van der Waals surface area contributed by atoms with Crippen LogP contribution in [0.5, 0.6) is 0 Å². The maximum Gasteiger partial charge on any atom is 0.506 e. The molecule has 4 heteroatoms. The summed E-state index contributed by atoms with van der Waals surface area (Å²) in [7, 11) is 0. The molecule has 0 aromatic rings. The van der Waals surface area contributed by atoms with E-state index < -0.39 is 6.16 Å². The summed E-state index contributed by atoms with van der Waals surface area (Å²) in [5.41, 5.74) is 0. The highest BCUT2D eigenvalue weighted by atomic mass is 35.5. The molecule has 0 saturated heterocycles. The number of hydrogen-bond donors (Lipinski definition) is 1. The van der Waals surface area contributed by atoms with Gasteiger partial charge in [-0.15, -0.1) is 11.6 Å². The van der Waals surface area contributed by atoms with Crippen molar-refractivity contribution in [1.29, 1.82) is 0 Å². The summed E-state index contributed by atoms with van der Waals surface area (Å²) in [6, 6.07) is 0. The first-order valence-corrected chi connectivity index (χ1v) is 2.87. The van der Waals surface area contributed by atoms with E-state index in [1.807, 2.05) is 0 Å². The van der Waals surface area contributed by atoms with E-state index >= 15 is 0 Å². The number of allylic oxidation sites excluding steroid dienone is 1. The smallest absolute Gasteiger partial charge is 0.450 e. The van der Waals surface area contributed by atoms with Crippen molar-refractivity contribution in [2.75, 3.05) is 12.5 Å². The number of ether oxygens (including phenoxy) is 1. The van der Waals surface area contributed by atoms with Crippen molar-refractivity contribution in [3.05, 3.63) is 12.2 Å². The Labute approximate surface area is 57.9 Å². The zero-order chi connectivity index (χ0) is 7.11. The molecule has 0 aromatic carbocycles. The van der Waals surface area contributed by atoms with Gasteiger partial charge < -0.3 is 9.84 Å². The molecule has 0 bridgehead atoms.